The number of halogens is 2. The average Bonchev–Trinajstić information content (AvgIpc) is 2.43. The minimum absolute atomic E-state index is 0.318. The second-order valence-electron chi connectivity index (χ2n) is 5.39. The minimum Gasteiger partial charge on any atom is -0.452 e. The molecule has 0 saturated heterocycles. The quantitative estimate of drug-likeness (QED) is 0.630. The maximum atomic E-state index is 11.6. The fraction of sp³-hybridized carbons (Fsp3) is 0.375. The molecule has 1 aromatic carbocycles. The fourth-order valence-corrected chi connectivity index (χ4v) is 1.95. The standard InChI is InChI=1S/C16H19Cl2NO3/c1-4-16(2,3)19-14(20)10-22-15(21)8-6-11-5-7-12(17)9-13(11)18/h5-9H,4,10H2,1-3H3,(H,19,20)/b8-6+. The number of benzene rings is 1. The lowest BCUT2D eigenvalue weighted by atomic mass is 10.0. The second-order valence-corrected chi connectivity index (χ2v) is 6.24. The predicted octanol–water partition coefficient (Wildman–Crippen LogP) is 3.85. The van der Waals surface area contributed by atoms with Gasteiger partial charge in [0.15, 0.2) is 6.61 Å². The Bertz CT molecular complexity index is 583. The van der Waals surface area contributed by atoms with Crippen LogP contribution in [0.2, 0.25) is 10.0 Å². The van der Waals surface area contributed by atoms with E-state index >= 15 is 0 Å². The zero-order chi connectivity index (χ0) is 16.8. The van der Waals surface area contributed by atoms with Gasteiger partial charge in [0.2, 0.25) is 0 Å². The molecule has 0 heterocycles. The smallest absolute Gasteiger partial charge is 0.331 e. The summed E-state index contributed by atoms with van der Waals surface area (Å²) in [5, 5.41) is 3.72. The normalized spacial score (nSPS) is 11.5. The molecule has 0 atom stereocenters. The number of carbonyl (C=O) groups is 2. The Hall–Kier alpha value is -1.52. The zero-order valence-electron chi connectivity index (χ0n) is 12.8. The van der Waals surface area contributed by atoms with Gasteiger partial charge in [-0.25, -0.2) is 4.79 Å². The third-order valence-electron chi connectivity index (χ3n) is 3.07. The van der Waals surface area contributed by atoms with E-state index in [-0.39, 0.29) is 18.1 Å². The summed E-state index contributed by atoms with van der Waals surface area (Å²) in [6, 6.07) is 4.93. The van der Waals surface area contributed by atoms with Gasteiger partial charge in [0, 0.05) is 21.7 Å². The van der Waals surface area contributed by atoms with Crippen LogP contribution in [0.15, 0.2) is 24.3 Å². The molecule has 0 radical (unpaired) electrons. The van der Waals surface area contributed by atoms with Crippen LogP contribution in [0.1, 0.15) is 32.8 Å². The molecule has 22 heavy (non-hydrogen) atoms. The van der Waals surface area contributed by atoms with Crippen molar-refractivity contribution in [1.82, 2.24) is 5.32 Å². The Balaban J connectivity index is 2.49. The lowest BCUT2D eigenvalue weighted by Gasteiger charge is -2.24. The fourth-order valence-electron chi connectivity index (χ4n) is 1.48. The number of carbonyl (C=O) groups excluding carboxylic acids is 2. The monoisotopic (exact) mass is 343 g/mol. The molecule has 0 bridgehead atoms. The van der Waals surface area contributed by atoms with Crippen LogP contribution < -0.4 is 5.32 Å². The maximum Gasteiger partial charge on any atom is 0.331 e. The van der Waals surface area contributed by atoms with Gasteiger partial charge in [0.25, 0.3) is 5.91 Å². The molecular weight excluding hydrogens is 325 g/mol. The largest absolute Gasteiger partial charge is 0.452 e. The zero-order valence-corrected chi connectivity index (χ0v) is 14.3. The van der Waals surface area contributed by atoms with Crippen molar-refractivity contribution in [3.05, 3.63) is 39.9 Å². The van der Waals surface area contributed by atoms with Gasteiger partial charge in [-0.1, -0.05) is 36.2 Å². The summed E-state index contributed by atoms with van der Waals surface area (Å²) >= 11 is 11.8. The topological polar surface area (TPSA) is 55.4 Å². The van der Waals surface area contributed by atoms with Crippen molar-refractivity contribution in [3.63, 3.8) is 0 Å². The number of rotatable bonds is 6. The van der Waals surface area contributed by atoms with Gasteiger partial charge in [-0.2, -0.15) is 0 Å². The number of ether oxygens (including phenoxy) is 1. The molecule has 1 aromatic rings. The van der Waals surface area contributed by atoms with Crippen molar-refractivity contribution in [2.75, 3.05) is 6.61 Å². The molecule has 4 nitrogen and oxygen atoms in total. The SMILES string of the molecule is CCC(C)(C)NC(=O)COC(=O)/C=C/c1ccc(Cl)cc1Cl. The van der Waals surface area contributed by atoms with Crippen LogP contribution in [0.5, 0.6) is 0 Å². The highest BCUT2D eigenvalue weighted by Crippen LogP contribution is 2.21. The molecule has 120 valence electrons. The highest BCUT2D eigenvalue weighted by Gasteiger charge is 2.18. The van der Waals surface area contributed by atoms with Gasteiger partial charge in [-0.15, -0.1) is 0 Å². The summed E-state index contributed by atoms with van der Waals surface area (Å²) in [6.45, 7) is 5.44. The van der Waals surface area contributed by atoms with Crippen molar-refractivity contribution in [2.45, 2.75) is 32.7 Å². The molecule has 0 aliphatic carbocycles. The summed E-state index contributed by atoms with van der Waals surface area (Å²) in [5.74, 6) is -0.950. The number of hydrogen-bond acceptors (Lipinski definition) is 3. The van der Waals surface area contributed by atoms with Gasteiger partial charge >= 0.3 is 5.97 Å². The van der Waals surface area contributed by atoms with E-state index in [0.717, 1.165) is 6.42 Å². The highest BCUT2D eigenvalue weighted by atomic mass is 35.5. The van der Waals surface area contributed by atoms with E-state index < -0.39 is 5.97 Å². The molecule has 0 aromatic heterocycles. The predicted molar refractivity (Wildman–Crippen MR) is 89.0 cm³/mol. The van der Waals surface area contributed by atoms with Crippen LogP contribution in [0.3, 0.4) is 0 Å². The van der Waals surface area contributed by atoms with Crippen molar-refractivity contribution < 1.29 is 14.3 Å². The first-order valence-electron chi connectivity index (χ1n) is 6.84. The third kappa shape index (κ3) is 6.50. The molecule has 0 aliphatic heterocycles. The summed E-state index contributed by atoms with van der Waals surface area (Å²) < 4.78 is 4.87. The van der Waals surface area contributed by atoms with Crippen LogP contribution >= 0.6 is 23.2 Å². The Labute approximate surface area is 140 Å². The average molecular weight is 344 g/mol. The van der Waals surface area contributed by atoms with E-state index in [4.69, 9.17) is 27.9 Å². The number of amides is 1. The van der Waals surface area contributed by atoms with Gasteiger partial charge < -0.3 is 10.1 Å². The van der Waals surface area contributed by atoms with Gasteiger partial charge in [-0.3, -0.25) is 4.79 Å². The summed E-state index contributed by atoms with van der Waals surface area (Å²) in [6.07, 6.45) is 3.50. The molecule has 0 fully saturated rings. The number of esters is 1. The van der Waals surface area contributed by atoms with Crippen LogP contribution in [-0.4, -0.2) is 24.0 Å². The lowest BCUT2D eigenvalue weighted by Crippen LogP contribution is -2.44. The summed E-state index contributed by atoms with van der Waals surface area (Å²) in [7, 11) is 0. The van der Waals surface area contributed by atoms with Crippen LogP contribution in [0, 0.1) is 0 Å². The van der Waals surface area contributed by atoms with Gasteiger partial charge in [-0.05, 0) is 44.0 Å². The minimum atomic E-state index is -0.615. The van der Waals surface area contributed by atoms with Crippen molar-refractivity contribution in [1.29, 1.82) is 0 Å². The molecule has 0 unspecified atom stereocenters. The van der Waals surface area contributed by atoms with Crippen LogP contribution in [-0.2, 0) is 14.3 Å². The summed E-state index contributed by atoms with van der Waals surface area (Å²) in [5.41, 5.74) is 0.315. The van der Waals surface area contributed by atoms with E-state index in [9.17, 15) is 9.59 Å². The van der Waals surface area contributed by atoms with E-state index in [1.54, 1.807) is 18.2 Å². The summed E-state index contributed by atoms with van der Waals surface area (Å²) in [4.78, 5) is 23.2. The van der Waals surface area contributed by atoms with Crippen molar-refractivity contribution in [2.24, 2.45) is 0 Å². The van der Waals surface area contributed by atoms with Crippen LogP contribution in [0.25, 0.3) is 6.08 Å². The van der Waals surface area contributed by atoms with Crippen LogP contribution in [0.4, 0.5) is 0 Å². The van der Waals surface area contributed by atoms with Gasteiger partial charge in [0.05, 0.1) is 0 Å². The van der Waals surface area contributed by atoms with Gasteiger partial charge in [0.1, 0.15) is 0 Å². The first-order chi connectivity index (χ1) is 10.2. The number of hydrogen-bond donors (Lipinski definition) is 1. The van der Waals surface area contributed by atoms with E-state index in [1.165, 1.54) is 12.2 Å². The third-order valence-corrected chi connectivity index (χ3v) is 3.63. The molecule has 0 aliphatic rings. The Morgan fingerprint density at radius 3 is 2.59 bits per heavy atom. The van der Waals surface area contributed by atoms with E-state index in [1.807, 2.05) is 20.8 Å². The second kappa shape index (κ2) is 8.20. The Kier molecular flexibility index (Phi) is 6.91. The van der Waals surface area contributed by atoms with Crippen molar-refractivity contribution in [3.8, 4) is 0 Å². The first-order valence-corrected chi connectivity index (χ1v) is 7.60. The first kappa shape index (κ1) is 18.5. The molecule has 1 rings (SSSR count). The maximum absolute atomic E-state index is 11.6. The lowest BCUT2D eigenvalue weighted by molar-refractivity contribution is -0.144. The van der Waals surface area contributed by atoms with E-state index in [0.29, 0.717) is 15.6 Å². The molecule has 6 heteroatoms. The highest BCUT2D eigenvalue weighted by molar-refractivity contribution is 6.35. The molecule has 1 N–H and O–H groups in total. The Morgan fingerprint density at radius 2 is 2.00 bits per heavy atom. The molecular formula is C16H19Cl2NO3. The molecule has 1 amide bonds. The Morgan fingerprint density at radius 1 is 1.32 bits per heavy atom. The molecule has 0 spiro atoms. The molecule has 0 saturated carbocycles. The number of nitrogens with one attached hydrogen (secondary N) is 1. The van der Waals surface area contributed by atoms with Crippen molar-refractivity contribution >= 4 is 41.2 Å². The van der Waals surface area contributed by atoms with E-state index in [2.05, 4.69) is 5.32 Å².